The summed E-state index contributed by atoms with van der Waals surface area (Å²) in [7, 11) is 0. The summed E-state index contributed by atoms with van der Waals surface area (Å²) in [6, 6.07) is 44.8. The first-order valence-corrected chi connectivity index (χ1v) is 15.5. The summed E-state index contributed by atoms with van der Waals surface area (Å²) < 4.78 is 4.78. The van der Waals surface area contributed by atoms with Gasteiger partial charge in [0.15, 0.2) is 5.82 Å². The molecule has 44 heavy (non-hydrogen) atoms. The molecule has 0 aliphatic rings. The average Bonchev–Trinajstić information content (AvgIpc) is 3.65. The van der Waals surface area contributed by atoms with Crippen molar-refractivity contribution in [3.05, 3.63) is 134 Å². The van der Waals surface area contributed by atoms with Gasteiger partial charge in [-0.1, -0.05) is 103 Å². The van der Waals surface area contributed by atoms with Crippen LogP contribution in [-0.4, -0.2) is 19.5 Å². The quantitative estimate of drug-likeness (QED) is 0.196. The molecule has 10 rings (SSSR count). The first kappa shape index (κ1) is 23.9. The Hall–Kier alpha value is -5.65. The van der Waals surface area contributed by atoms with Gasteiger partial charge in [0, 0.05) is 36.7 Å². The molecule has 6 aromatic carbocycles. The number of hydrogen-bond donors (Lipinski definition) is 0. The van der Waals surface area contributed by atoms with E-state index < -0.39 is 0 Å². The van der Waals surface area contributed by atoms with Gasteiger partial charge in [-0.15, -0.1) is 11.3 Å². The van der Waals surface area contributed by atoms with Crippen LogP contribution < -0.4 is 0 Å². The minimum Gasteiger partial charge on any atom is -0.291 e. The fraction of sp³-hybridized carbons (Fsp3) is 0. The van der Waals surface area contributed by atoms with Crippen LogP contribution in [0, 0.1) is 0 Å². The highest BCUT2D eigenvalue weighted by Crippen LogP contribution is 2.48. The summed E-state index contributed by atoms with van der Waals surface area (Å²) >= 11 is 1.86. The van der Waals surface area contributed by atoms with Crippen LogP contribution in [0.2, 0.25) is 0 Å². The first-order chi connectivity index (χ1) is 21.8. The number of thiophene rings is 1. The summed E-state index contributed by atoms with van der Waals surface area (Å²) in [6.07, 6.45) is 1.93. The molecule has 0 amide bonds. The Kier molecular flexibility index (Phi) is 4.84. The van der Waals surface area contributed by atoms with Gasteiger partial charge < -0.3 is 0 Å². The molecule has 10 aromatic rings. The van der Waals surface area contributed by atoms with Crippen LogP contribution >= 0.6 is 11.3 Å². The Bertz CT molecular complexity index is 2720. The molecule has 0 saturated carbocycles. The second-order valence-corrected chi connectivity index (χ2v) is 12.3. The van der Waals surface area contributed by atoms with E-state index >= 15 is 0 Å². The molecule has 204 valence electrons. The fourth-order valence-electron chi connectivity index (χ4n) is 6.93. The lowest BCUT2D eigenvalue weighted by Gasteiger charge is -2.12. The summed E-state index contributed by atoms with van der Waals surface area (Å²) in [4.78, 5) is 15.2. The topological polar surface area (TPSA) is 43.6 Å². The summed E-state index contributed by atoms with van der Waals surface area (Å²) in [5, 5.41) is 8.99. The van der Waals surface area contributed by atoms with Crippen LogP contribution in [0.25, 0.3) is 92.1 Å². The number of nitrogens with zero attached hydrogens (tertiary/aromatic N) is 4. The van der Waals surface area contributed by atoms with E-state index in [1.807, 2.05) is 47.9 Å². The van der Waals surface area contributed by atoms with E-state index in [4.69, 9.17) is 15.0 Å². The number of benzene rings is 6. The van der Waals surface area contributed by atoms with Crippen LogP contribution in [0.15, 0.2) is 134 Å². The van der Waals surface area contributed by atoms with Gasteiger partial charge >= 0.3 is 0 Å². The number of para-hydroxylation sites is 1. The molecule has 0 aliphatic heterocycles. The highest BCUT2D eigenvalue weighted by atomic mass is 32.1. The average molecular weight is 579 g/mol. The standard InChI is InChI=1S/C39H22N4S/c1-2-10-23(11-3-1)39-40-22-32-37(42-39)29-14-6-7-17-31(29)43(32)34-19-9-16-30(41-34)28-21-20-27-25-13-5-4-12-24(25)26-15-8-18-33-35(26)36(27)38(28)44-33/h1-22H. The van der Waals surface area contributed by atoms with Crippen molar-refractivity contribution >= 4 is 75.0 Å². The maximum atomic E-state index is 5.32. The molecular weight excluding hydrogens is 557 g/mol. The van der Waals surface area contributed by atoms with E-state index in [0.29, 0.717) is 0 Å². The molecule has 0 N–H and O–H groups in total. The lowest BCUT2D eigenvalue weighted by atomic mass is 9.93. The lowest BCUT2D eigenvalue weighted by Crippen LogP contribution is -1.99. The molecule has 4 heterocycles. The zero-order chi connectivity index (χ0) is 28.8. The second-order valence-electron chi connectivity index (χ2n) is 11.2. The SMILES string of the molecule is c1ccc(-c2ncc3c(n2)c2ccccc2n3-c2cccc(-c3ccc4c5ccccc5c5cccc6sc3c4c65)n2)cc1. The minimum atomic E-state index is 0.720. The zero-order valence-corrected chi connectivity index (χ0v) is 24.2. The van der Waals surface area contributed by atoms with E-state index in [1.165, 1.54) is 41.7 Å². The normalized spacial score (nSPS) is 12.1. The Labute approximate surface area is 255 Å². The molecular formula is C39H22N4S. The predicted octanol–water partition coefficient (Wildman–Crippen LogP) is 10.4. The van der Waals surface area contributed by atoms with Gasteiger partial charge in [-0.3, -0.25) is 4.57 Å². The van der Waals surface area contributed by atoms with E-state index in [2.05, 4.69) is 102 Å². The zero-order valence-electron chi connectivity index (χ0n) is 23.4. The minimum absolute atomic E-state index is 0.720. The van der Waals surface area contributed by atoms with Crippen LogP contribution in [0.5, 0.6) is 0 Å². The molecule has 0 atom stereocenters. The van der Waals surface area contributed by atoms with E-state index in [9.17, 15) is 0 Å². The molecule has 0 radical (unpaired) electrons. The van der Waals surface area contributed by atoms with Gasteiger partial charge in [-0.2, -0.15) is 0 Å². The van der Waals surface area contributed by atoms with Crippen molar-refractivity contribution in [2.75, 3.05) is 0 Å². The van der Waals surface area contributed by atoms with Crippen molar-refractivity contribution in [3.63, 3.8) is 0 Å². The van der Waals surface area contributed by atoms with E-state index in [0.717, 1.165) is 50.4 Å². The van der Waals surface area contributed by atoms with Gasteiger partial charge in [-0.25, -0.2) is 15.0 Å². The molecule has 0 aliphatic carbocycles. The molecule has 0 saturated heterocycles. The third kappa shape index (κ3) is 3.24. The fourth-order valence-corrected chi connectivity index (χ4v) is 8.21. The number of hydrogen-bond acceptors (Lipinski definition) is 4. The van der Waals surface area contributed by atoms with Gasteiger partial charge in [-0.05, 0) is 45.8 Å². The van der Waals surface area contributed by atoms with Gasteiger partial charge in [0.25, 0.3) is 0 Å². The molecule has 0 fully saturated rings. The molecule has 0 spiro atoms. The van der Waals surface area contributed by atoms with E-state index in [-0.39, 0.29) is 0 Å². The van der Waals surface area contributed by atoms with Crippen molar-refractivity contribution in [1.29, 1.82) is 0 Å². The summed E-state index contributed by atoms with van der Waals surface area (Å²) in [6.45, 7) is 0. The lowest BCUT2D eigenvalue weighted by molar-refractivity contribution is 1.07. The number of aromatic nitrogens is 4. The molecule has 4 nitrogen and oxygen atoms in total. The van der Waals surface area contributed by atoms with Crippen molar-refractivity contribution < 1.29 is 0 Å². The first-order valence-electron chi connectivity index (χ1n) is 14.7. The smallest absolute Gasteiger partial charge is 0.159 e. The molecule has 5 heteroatoms. The largest absolute Gasteiger partial charge is 0.291 e. The molecule has 0 bridgehead atoms. The Balaban J connectivity index is 1.21. The summed E-state index contributed by atoms with van der Waals surface area (Å²) in [5.74, 6) is 1.57. The van der Waals surface area contributed by atoms with Gasteiger partial charge in [0.2, 0.25) is 0 Å². The van der Waals surface area contributed by atoms with Crippen molar-refractivity contribution in [2.24, 2.45) is 0 Å². The van der Waals surface area contributed by atoms with Crippen LogP contribution in [0.3, 0.4) is 0 Å². The predicted molar refractivity (Wildman–Crippen MR) is 184 cm³/mol. The van der Waals surface area contributed by atoms with Crippen molar-refractivity contribution in [2.45, 2.75) is 0 Å². The van der Waals surface area contributed by atoms with Gasteiger partial charge in [0.05, 0.1) is 22.9 Å². The Morgan fingerprint density at radius 2 is 1.25 bits per heavy atom. The number of rotatable bonds is 3. The monoisotopic (exact) mass is 578 g/mol. The van der Waals surface area contributed by atoms with Crippen LogP contribution in [-0.2, 0) is 0 Å². The highest BCUT2D eigenvalue weighted by Gasteiger charge is 2.20. The highest BCUT2D eigenvalue weighted by molar-refractivity contribution is 7.26. The third-order valence-corrected chi connectivity index (χ3v) is 10.0. The van der Waals surface area contributed by atoms with E-state index in [1.54, 1.807) is 0 Å². The number of pyridine rings is 1. The van der Waals surface area contributed by atoms with Crippen LogP contribution in [0.1, 0.15) is 0 Å². The summed E-state index contributed by atoms with van der Waals surface area (Å²) in [5.41, 5.74) is 6.03. The second kappa shape index (κ2) is 8.93. The maximum absolute atomic E-state index is 5.32. The van der Waals surface area contributed by atoms with Crippen LogP contribution in [0.4, 0.5) is 0 Å². The van der Waals surface area contributed by atoms with Crippen molar-refractivity contribution in [1.82, 2.24) is 19.5 Å². The van der Waals surface area contributed by atoms with Gasteiger partial charge in [0.1, 0.15) is 11.3 Å². The maximum Gasteiger partial charge on any atom is 0.159 e. The Morgan fingerprint density at radius 3 is 2.11 bits per heavy atom. The Morgan fingerprint density at radius 1 is 0.523 bits per heavy atom. The third-order valence-electron chi connectivity index (χ3n) is 8.84. The number of fused-ring (bicyclic) bond motifs is 6. The van der Waals surface area contributed by atoms with Crippen molar-refractivity contribution in [3.8, 4) is 28.5 Å². The molecule has 4 aromatic heterocycles. The molecule has 0 unspecified atom stereocenters.